The van der Waals surface area contributed by atoms with Crippen molar-refractivity contribution < 1.29 is 23.7 Å². The lowest BCUT2D eigenvalue weighted by molar-refractivity contribution is -0.263. The van der Waals surface area contributed by atoms with Crippen molar-refractivity contribution in [3.05, 3.63) is 70.8 Å². The summed E-state index contributed by atoms with van der Waals surface area (Å²) in [6, 6.07) is 18.3. The molecule has 0 aromatic heterocycles. The molecule has 0 aliphatic carbocycles. The molecule has 198 valence electrons. The van der Waals surface area contributed by atoms with E-state index < -0.39 is 14.4 Å². The molecule has 8 heteroatoms. The third-order valence-corrected chi connectivity index (χ3v) is 12.4. The molecule has 1 unspecified atom stereocenters. The smallest absolute Gasteiger partial charge is 0.246 e. The molecule has 0 fully saturated rings. The number of ketones is 1. The third kappa shape index (κ3) is 8.60. The minimum atomic E-state index is -2.37. The molecule has 2 aromatic rings. The fourth-order valence-corrected chi connectivity index (χ4v) is 9.46. The van der Waals surface area contributed by atoms with Crippen LogP contribution in [-0.4, -0.2) is 33.4 Å². The number of ether oxygens (including phenoxy) is 2. The third-order valence-electron chi connectivity index (χ3n) is 6.59. The zero-order valence-corrected chi connectivity index (χ0v) is 23.7. The van der Waals surface area contributed by atoms with Crippen LogP contribution in [0.1, 0.15) is 63.8 Å². The van der Waals surface area contributed by atoms with E-state index in [1.807, 2.05) is 12.1 Å². The summed E-state index contributed by atoms with van der Waals surface area (Å²) in [4.78, 5) is 19.0. The van der Waals surface area contributed by atoms with Gasteiger partial charge in [0.05, 0.1) is 43.1 Å². The van der Waals surface area contributed by atoms with Crippen LogP contribution in [0.2, 0.25) is 16.6 Å². The summed E-state index contributed by atoms with van der Waals surface area (Å²) in [6.07, 6.45) is -0.942. The molecule has 0 saturated carbocycles. The van der Waals surface area contributed by atoms with Crippen LogP contribution in [0.5, 0.6) is 0 Å². The minimum Gasteiger partial charge on any atom is -0.373 e. The molecular weight excluding hydrogens is 484 g/mol. The molecule has 1 atom stereocenters. The summed E-state index contributed by atoms with van der Waals surface area (Å²) >= 11 is 0. The van der Waals surface area contributed by atoms with Crippen molar-refractivity contribution in [3.8, 4) is 12.1 Å². The van der Waals surface area contributed by atoms with E-state index in [0.29, 0.717) is 11.1 Å². The van der Waals surface area contributed by atoms with E-state index in [1.165, 1.54) is 0 Å². The second-order valence-corrected chi connectivity index (χ2v) is 15.4. The quantitative estimate of drug-likeness (QED) is 0.155. The number of nitrogens with zero attached hydrogens (tertiary/aromatic N) is 2. The van der Waals surface area contributed by atoms with Crippen molar-refractivity contribution in [2.24, 2.45) is 0 Å². The molecule has 0 aliphatic rings. The zero-order valence-electron chi connectivity index (χ0n) is 22.7. The number of carbonyl (C=O) groups is 1. The number of carbonyl (C=O) groups excluding carboxylic acids is 1. The maximum Gasteiger partial charge on any atom is 0.246 e. The van der Waals surface area contributed by atoms with Gasteiger partial charge in [-0.3, -0.25) is 9.37 Å². The van der Waals surface area contributed by atoms with E-state index >= 15 is 0 Å². The second kappa shape index (κ2) is 14.8. The molecule has 2 rings (SSSR count). The first-order valence-electron chi connectivity index (χ1n) is 12.6. The van der Waals surface area contributed by atoms with Crippen LogP contribution in [0.3, 0.4) is 0 Å². The maximum absolute atomic E-state index is 13.1. The van der Waals surface area contributed by atoms with Gasteiger partial charge in [-0.2, -0.15) is 10.5 Å². The Labute approximate surface area is 222 Å². The Morgan fingerprint density at radius 1 is 0.757 bits per heavy atom. The number of rotatable bonds is 15. The summed E-state index contributed by atoms with van der Waals surface area (Å²) in [6.45, 7) is 13.2. The van der Waals surface area contributed by atoms with E-state index in [2.05, 4.69) is 53.7 Å². The first-order valence-corrected chi connectivity index (χ1v) is 14.8. The monoisotopic (exact) mass is 522 g/mol. The van der Waals surface area contributed by atoms with Crippen LogP contribution in [0.15, 0.2) is 48.5 Å². The standard InChI is InChI=1S/C29H38N2O5Si/c1-21(2)37(22(3)4,23(5)6)36-35-29(20-34-18-27-13-9-25(16-31)10-14-27)28(32)19-33-17-26-11-7-24(15-30)8-12-26/h7-14,21-23,29H,17-20H2,1-6H3. The summed E-state index contributed by atoms with van der Waals surface area (Å²) in [7, 11) is -2.37. The van der Waals surface area contributed by atoms with Gasteiger partial charge in [-0.1, -0.05) is 65.8 Å². The van der Waals surface area contributed by atoms with Crippen LogP contribution in [0, 0.1) is 22.7 Å². The summed E-state index contributed by atoms with van der Waals surface area (Å²) in [5.41, 5.74) is 3.76. The van der Waals surface area contributed by atoms with Crippen molar-refractivity contribution in [2.45, 2.75) is 77.5 Å². The largest absolute Gasteiger partial charge is 0.373 e. The van der Waals surface area contributed by atoms with E-state index in [0.717, 1.165) is 11.1 Å². The molecule has 0 radical (unpaired) electrons. The SMILES string of the molecule is CC(C)[Si](OOC(COCc1ccc(C#N)cc1)C(=O)COCc1ccc(C#N)cc1)(C(C)C)C(C)C. The lowest BCUT2D eigenvalue weighted by atomic mass is 10.1. The summed E-state index contributed by atoms with van der Waals surface area (Å²) in [5, 5.41) is 17.9. The molecule has 0 heterocycles. The Balaban J connectivity index is 2.06. The van der Waals surface area contributed by atoms with Gasteiger partial charge < -0.3 is 9.47 Å². The highest BCUT2D eigenvalue weighted by atomic mass is 28.4. The minimum absolute atomic E-state index is 0.0117. The maximum atomic E-state index is 13.1. The fraction of sp³-hybridized carbons (Fsp3) is 0.483. The molecule has 2 aromatic carbocycles. The van der Waals surface area contributed by atoms with Crippen LogP contribution in [0.25, 0.3) is 0 Å². The molecule has 0 aliphatic heterocycles. The first-order chi connectivity index (χ1) is 17.6. The van der Waals surface area contributed by atoms with Gasteiger partial charge in [-0.05, 0) is 52.0 Å². The Morgan fingerprint density at radius 2 is 1.19 bits per heavy atom. The molecule has 0 bridgehead atoms. The van der Waals surface area contributed by atoms with Gasteiger partial charge in [0, 0.05) is 0 Å². The average Bonchev–Trinajstić information content (AvgIpc) is 2.88. The zero-order chi connectivity index (χ0) is 27.4. The van der Waals surface area contributed by atoms with Gasteiger partial charge in [0.15, 0.2) is 11.9 Å². The second-order valence-electron chi connectivity index (χ2n) is 10.1. The van der Waals surface area contributed by atoms with Gasteiger partial charge in [0.25, 0.3) is 0 Å². The summed E-state index contributed by atoms with van der Waals surface area (Å²) in [5.74, 6) is -0.271. The molecule has 37 heavy (non-hydrogen) atoms. The molecule has 0 N–H and O–H groups in total. The van der Waals surface area contributed by atoms with E-state index in [9.17, 15) is 4.79 Å². The topological polar surface area (TPSA) is 102 Å². The normalized spacial score (nSPS) is 12.5. The van der Waals surface area contributed by atoms with Gasteiger partial charge >= 0.3 is 0 Å². The van der Waals surface area contributed by atoms with Crippen molar-refractivity contribution in [1.82, 2.24) is 0 Å². The van der Waals surface area contributed by atoms with E-state index in [1.54, 1.807) is 36.4 Å². The number of benzene rings is 2. The summed E-state index contributed by atoms with van der Waals surface area (Å²) < 4.78 is 17.7. The predicted octanol–water partition coefficient (Wildman–Crippen LogP) is 6.22. The fourth-order valence-electron chi connectivity index (χ4n) is 4.60. The Bertz CT molecular complexity index is 1050. The van der Waals surface area contributed by atoms with Crippen molar-refractivity contribution in [3.63, 3.8) is 0 Å². The lowest BCUT2D eigenvalue weighted by Crippen LogP contribution is -2.49. The molecule has 7 nitrogen and oxygen atoms in total. The number of Topliss-reactive ketones (excluding diaryl/α,β-unsaturated/α-hetero) is 1. The van der Waals surface area contributed by atoms with Gasteiger partial charge in [0.2, 0.25) is 8.32 Å². The Morgan fingerprint density at radius 3 is 1.59 bits per heavy atom. The Hall–Kier alpha value is -2.85. The van der Waals surface area contributed by atoms with Crippen molar-refractivity contribution >= 4 is 14.1 Å². The van der Waals surface area contributed by atoms with Gasteiger partial charge in [-0.15, -0.1) is 0 Å². The van der Waals surface area contributed by atoms with E-state index in [-0.39, 0.29) is 48.8 Å². The molecule has 0 saturated heterocycles. The Kier molecular flexibility index (Phi) is 12.1. The number of hydrogen-bond donors (Lipinski definition) is 0. The first kappa shape index (κ1) is 30.4. The molecule has 0 amide bonds. The number of nitriles is 2. The van der Waals surface area contributed by atoms with Crippen LogP contribution in [-0.2, 0) is 36.9 Å². The van der Waals surface area contributed by atoms with Crippen molar-refractivity contribution in [2.75, 3.05) is 13.2 Å². The molecular formula is C29H38N2O5Si. The number of hydrogen-bond acceptors (Lipinski definition) is 7. The van der Waals surface area contributed by atoms with Crippen LogP contribution in [0.4, 0.5) is 0 Å². The highest BCUT2D eigenvalue weighted by molar-refractivity contribution is 6.77. The van der Waals surface area contributed by atoms with Crippen LogP contribution < -0.4 is 0 Å². The molecule has 0 spiro atoms. The van der Waals surface area contributed by atoms with Crippen molar-refractivity contribution in [1.29, 1.82) is 10.5 Å². The lowest BCUT2D eigenvalue weighted by Gasteiger charge is -2.40. The predicted molar refractivity (Wildman–Crippen MR) is 144 cm³/mol. The highest BCUT2D eigenvalue weighted by Gasteiger charge is 2.47. The van der Waals surface area contributed by atoms with Gasteiger partial charge in [-0.25, -0.2) is 4.89 Å². The van der Waals surface area contributed by atoms with Crippen LogP contribution >= 0.6 is 0 Å². The van der Waals surface area contributed by atoms with E-state index in [4.69, 9.17) is 29.5 Å². The average molecular weight is 523 g/mol. The van der Waals surface area contributed by atoms with Gasteiger partial charge in [0.1, 0.15) is 6.61 Å². The highest BCUT2D eigenvalue weighted by Crippen LogP contribution is 2.42.